The molecule has 110 valence electrons. The zero-order chi connectivity index (χ0) is 14.6. The smallest absolute Gasteiger partial charge is 0.0850 e. The highest BCUT2D eigenvalue weighted by Gasteiger charge is 2.35. The minimum absolute atomic E-state index is 0.134. The largest absolute Gasteiger partial charge is 0.268 e. The van der Waals surface area contributed by atoms with Crippen molar-refractivity contribution < 1.29 is 0 Å². The van der Waals surface area contributed by atoms with Crippen molar-refractivity contribution in [1.82, 2.24) is 9.78 Å². The lowest BCUT2D eigenvalue weighted by atomic mass is 9.77. The maximum absolute atomic E-state index is 6.46. The van der Waals surface area contributed by atoms with Gasteiger partial charge >= 0.3 is 0 Å². The van der Waals surface area contributed by atoms with Gasteiger partial charge < -0.3 is 0 Å². The quantitative estimate of drug-likeness (QED) is 0.660. The first-order valence-electron chi connectivity index (χ1n) is 6.81. The molecule has 0 atom stereocenters. The van der Waals surface area contributed by atoms with Crippen LogP contribution in [-0.2, 0) is 19.4 Å². The van der Waals surface area contributed by atoms with Gasteiger partial charge in [-0.25, -0.2) is 0 Å². The first-order valence-corrected chi connectivity index (χ1v) is 8.26. The summed E-state index contributed by atoms with van der Waals surface area (Å²) in [7, 11) is 0. The van der Waals surface area contributed by atoms with E-state index in [1.165, 1.54) is 0 Å². The Labute approximate surface area is 131 Å². The van der Waals surface area contributed by atoms with Gasteiger partial charge in [0.25, 0.3) is 0 Å². The van der Waals surface area contributed by atoms with Crippen LogP contribution in [0.4, 0.5) is 0 Å². The summed E-state index contributed by atoms with van der Waals surface area (Å²) in [4.78, 5) is 0. The van der Waals surface area contributed by atoms with Gasteiger partial charge in [-0.15, -0.1) is 23.2 Å². The van der Waals surface area contributed by atoms with Crippen molar-refractivity contribution in [2.75, 3.05) is 11.8 Å². The predicted molar refractivity (Wildman–Crippen MR) is 84.7 cm³/mol. The number of aromatic nitrogens is 2. The van der Waals surface area contributed by atoms with Gasteiger partial charge in [0.15, 0.2) is 0 Å². The lowest BCUT2D eigenvalue weighted by Crippen LogP contribution is -2.35. The summed E-state index contributed by atoms with van der Waals surface area (Å²) in [6.45, 7) is 9.27. The molecule has 0 unspecified atom stereocenters. The zero-order valence-electron chi connectivity index (χ0n) is 12.1. The molecule has 0 spiro atoms. The molecule has 0 aliphatic carbocycles. The molecule has 0 saturated heterocycles. The molecule has 0 aliphatic rings. The van der Waals surface area contributed by atoms with Crippen molar-refractivity contribution >= 4 is 34.8 Å². The second-order valence-corrected chi connectivity index (χ2v) is 6.25. The summed E-state index contributed by atoms with van der Waals surface area (Å²) in [6, 6.07) is 0. The number of aryl methyl sites for hydroxylation is 2. The molecule has 1 heterocycles. The van der Waals surface area contributed by atoms with E-state index in [0.29, 0.717) is 17.7 Å². The molecule has 0 radical (unpaired) electrons. The lowest BCUT2D eigenvalue weighted by Gasteiger charge is -2.34. The molecule has 0 aliphatic heterocycles. The monoisotopic (exact) mass is 324 g/mol. The molecule has 0 aromatic carbocycles. The first kappa shape index (κ1) is 17.1. The molecular formula is C14H23Cl3N2. The third kappa shape index (κ3) is 3.40. The Kier molecular flexibility index (Phi) is 6.49. The molecule has 5 heteroatoms. The average molecular weight is 326 g/mol. The maximum atomic E-state index is 6.46. The third-order valence-electron chi connectivity index (χ3n) is 3.97. The fourth-order valence-corrected chi connectivity index (χ4v) is 3.59. The Bertz CT molecular complexity index is 409. The molecule has 0 bridgehead atoms. The molecular weight excluding hydrogens is 303 g/mol. The van der Waals surface area contributed by atoms with E-state index in [1.807, 2.05) is 4.68 Å². The van der Waals surface area contributed by atoms with Crippen LogP contribution in [0.5, 0.6) is 0 Å². The first-order chi connectivity index (χ1) is 8.95. The average Bonchev–Trinajstić information content (AvgIpc) is 2.71. The Hall–Kier alpha value is 0.0800. The van der Waals surface area contributed by atoms with E-state index in [4.69, 9.17) is 34.8 Å². The van der Waals surface area contributed by atoms with E-state index in [0.717, 1.165) is 35.8 Å². The Morgan fingerprint density at radius 3 is 2.16 bits per heavy atom. The molecule has 0 amide bonds. The number of hydrogen-bond donors (Lipinski definition) is 0. The SMILES string of the molecule is CCc1nn(CC)c(CC(CCl)(CCl)C(C)C)c1Cl. The Morgan fingerprint density at radius 1 is 1.21 bits per heavy atom. The van der Waals surface area contributed by atoms with E-state index in [9.17, 15) is 0 Å². The normalized spacial score (nSPS) is 12.4. The zero-order valence-corrected chi connectivity index (χ0v) is 14.4. The number of hydrogen-bond acceptors (Lipinski definition) is 1. The molecule has 0 N–H and O–H groups in total. The Balaban J connectivity index is 3.19. The van der Waals surface area contributed by atoms with Crippen LogP contribution in [0.1, 0.15) is 39.1 Å². The van der Waals surface area contributed by atoms with Crippen LogP contribution < -0.4 is 0 Å². The van der Waals surface area contributed by atoms with Gasteiger partial charge in [-0.1, -0.05) is 32.4 Å². The van der Waals surface area contributed by atoms with Crippen LogP contribution in [0.25, 0.3) is 0 Å². The van der Waals surface area contributed by atoms with Crippen molar-refractivity contribution in [3.05, 3.63) is 16.4 Å². The van der Waals surface area contributed by atoms with Gasteiger partial charge in [-0.2, -0.15) is 5.10 Å². The number of nitrogens with zero attached hydrogens (tertiary/aromatic N) is 2. The maximum Gasteiger partial charge on any atom is 0.0850 e. The van der Waals surface area contributed by atoms with Crippen molar-refractivity contribution in [1.29, 1.82) is 0 Å². The fraction of sp³-hybridized carbons (Fsp3) is 0.786. The summed E-state index contributed by atoms with van der Waals surface area (Å²) in [5.74, 6) is 1.45. The van der Waals surface area contributed by atoms with Crippen molar-refractivity contribution in [3.8, 4) is 0 Å². The van der Waals surface area contributed by atoms with Crippen LogP contribution in [0, 0.1) is 11.3 Å². The van der Waals surface area contributed by atoms with Crippen LogP contribution in [0.3, 0.4) is 0 Å². The van der Waals surface area contributed by atoms with E-state index in [-0.39, 0.29) is 5.41 Å². The van der Waals surface area contributed by atoms with Crippen molar-refractivity contribution in [2.24, 2.45) is 11.3 Å². The van der Waals surface area contributed by atoms with Gasteiger partial charge in [0.2, 0.25) is 0 Å². The van der Waals surface area contributed by atoms with E-state index in [1.54, 1.807) is 0 Å². The minimum atomic E-state index is -0.134. The third-order valence-corrected chi connectivity index (χ3v) is 5.47. The molecule has 0 saturated carbocycles. The summed E-state index contributed by atoms with van der Waals surface area (Å²) in [5, 5.41) is 5.34. The minimum Gasteiger partial charge on any atom is -0.268 e. The standard InChI is InChI=1S/C14H23Cl3N2/c1-5-11-13(17)12(19(6-2)18-11)7-14(8-15,9-16)10(3)4/h10H,5-9H2,1-4H3. The number of halogens is 3. The van der Waals surface area contributed by atoms with Gasteiger partial charge in [0, 0.05) is 23.7 Å². The summed E-state index contributed by atoms with van der Waals surface area (Å²) in [5.41, 5.74) is 1.89. The van der Waals surface area contributed by atoms with Crippen molar-refractivity contribution in [3.63, 3.8) is 0 Å². The van der Waals surface area contributed by atoms with E-state index < -0.39 is 0 Å². The van der Waals surface area contributed by atoms with Gasteiger partial charge in [0.1, 0.15) is 0 Å². The van der Waals surface area contributed by atoms with Crippen LogP contribution in [-0.4, -0.2) is 21.5 Å². The van der Waals surface area contributed by atoms with Crippen molar-refractivity contribution in [2.45, 2.75) is 47.1 Å². The molecule has 2 nitrogen and oxygen atoms in total. The number of alkyl halides is 2. The van der Waals surface area contributed by atoms with Crippen LogP contribution in [0.15, 0.2) is 0 Å². The van der Waals surface area contributed by atoms with Crippen LogP contribution >= 0.6 is 34.8 Å². The molecule has 0 fully saturated rings. The lowest BCUT2D eigenvalue weighted by molar-refractivity contribution is 0.252. The summed E-state index contributed by atoms with van der Waals surface area (Å²) < 4.78 is 1.98. The summed E-state index contributed by atoms with van der Waals surface area (Å²) in [6.07, 6.45) is 1.62. The molecule has 19 heavy (non-hydrogen) atoms. The number of rotatable bonds is 7. The highest BCUT2D eigenvalue weighted by molar-refractivity contribution is 6.32. The highest BCUT2D eigenvalue weighted by Crippen LogP contribution is 2.37. The second kappa shape index (κ2) is 7.19. The molecule has 1 aromatic heterocycles. The van der Waals surface area contributed by atoms with E-state index >= 15 is 0 Å². The summed E-state index contributed by atoms with van der Waals surface area (Å²) >= 11 is 18.9. The molecule has 1 rings (SSSR count). The van der Waals surface area contributed by atoms with E-state index in [2.05, 4.69) is 32.8 Å². The van der Waals surface area contributed by atoms with Gasteiger partial charge in [-0.05, 0) is 25.7 Å². The highest BCUT2D eigenvalue weighted by atomic mass is 35.5. The van der Waals surface area contributed by atoms with Gasteiger partial charge in [0.05, 0.1) is 16.4 Å². The van der Waals surface area contributed by atoms with Gasteiger partial charge in [-0.3, -0.25) is 4.68 Å². The predicted octanol–water partition coefficient (Wildman–Crippen LogP) is 4.78. The fourth-order valence-electron chi connectivity index (χ4n) is 2.16. The molecule has 1 aromatic rings. The Morgan fingerprint density at radius 2 is 1.79 bits per heavy atom. The topological polar surface area (TPSA) is 17.8 Å². The second-order valence-electron chi connectivity index (χ2n) is 5.34. The van der Waals surface area contributed by atoms with Crippen LogP contribution in [0.2, 0.25) is 5.02 Å².